The van der Waals surface area contributed by atoms with Crippen molar-refractivity contribution in [3.05, 3.63) is 53.2 Å². The summed E-state index contributed by atoms with van der Waals surface area (Å²) in [6.45, 7) is 1.93. The van der Waals surface area contributed by atoms with Crippen molar-refractivity contribution in [1.29, 1.82) is 0 Å². The van der Waals surface area contributed by atoms with Gasteiger partial charge in [-0.15, -0.1) is 0 Å². The quantitative estimate of drug-likeness (QED) is 0.780. The van der Waals surface area contributed by atoms with E-state index >= 15 is 0 Å². The molecule has 0 fully saturated rings. The first-order chi connectivity index (χ1) is 8.65. The maximum atomic E-state index is 13.5. The third-order valence-corrected chi connectivity index (χ3v) is 2.65. The number of rotatable bonds is 4. The molecule has 1 heterocycles. The van der Waals surface area contributed by atoms with Crippen molar-refractivity contribution in [3.63, 3.8) is 0 Å². The fraction of sp³-hybridized carbons (Fsp3) is 0.214. The molecule has 94 valence electrons. The van der Waals surface area contributed by atoms with Gasteiger partial charge in [-0.3, -0.25) is 4.79 Å². The smallest absolute Gasteiger partial charge is 0.228 e. The highest BCUT2D eigenvalue weighted by molar-refractivity contribution is 6.07. The topological polar surface area (TPSA) is 39.4 Å². The first-order valence-corrected chi connectivity index (χ1v) is 5.62. The van der Waals surface area contributed by atoms with Crippen molar-refractivity contribution < 1.29 is 18.3 Å². The van der Waals surface area contributed by atoms with Gasteiger partial charge in [0.1, 0.15) is 5.76 Å². The molecule has 2 rings (SSSR count). The van der Waals surface area contributed by atoms with Crippen LogP contribution in [0, 0.1) is 5.82 Å². The second kappa shape index (κ2) is 5.04. The van der Waals surface area contributed by atoms with Gasteiger partial charge >= 0.3 is 0 Å². The highest BCUT2D eigenvalue weighted by Crippen LogP contribution is 2.20. The summed E-state index contributed by atoms with van der Waals surface area (Å²) >= 11 is 0. The number of carbonyl (C=O) groups excluding carboxylic acids is 1. The van der Waals surface area contributed by atoms with Crippen LogP contribution in [0.5, 0.6) is 5.75 Å². The summed E-state index contributed by atoms with van der Waals surface area (Å²) < 4.78 is 23.6. The van der Waals surface area contributed by atoms with E-state index in [1.807, 2.05) is 6.92 Å². The largest absolute Gasteiger partial charge is 0.494 e. The van der Waals surface area contributed by atoms with Gasteiger partial charge in [-0.05, 0) is 30.3 Å². The molecular formula is C14H13FO3. The molecule has 1 aromatic heterocycles. The lowest BCUT2D eigenvalue weighted by molar-refractivity contribution is 0.101. The number of aryl methyl sites for hydroxylation is 1. The minimum Gasteiger partial charge on any atom is -0.494 e. The van der Waals surface area contributed by atoms with Gasteiger partial charge in [0.05, 0.1) is 7.11 Å². The van der Waals surface area contributed by atoms with Crippen LogP contribution in [0.1, 0.15) is 28.8 Å². The lowest BCUT2D eigenvalue weighted by Crippen LogP contribution is -2.01. The average Bonchev–Trinajstić information content (AvgIpc) is 2.86. The van der Waals surface area contributed by atoms with Gasteiger partial charge in [0, 0.05) is 12.0 Å². The standard InChI is InChI=1S/C14H13FO3/c1-3-10-5-7-13(18-10)14(16)9-4-6-12(17-2)11(15)8-9/h4-8H,3H2,1-2H3. The van der Waals surface area contributed by atoms with Gasteiger partial charge in [-0.2, -0.15) is 0 Å². The van der Waals surface area contributed by atoms with E-state index in [9.17, 15) is 9.18 Å². The summed E-state index contributed by atoms with van der Waals surface area (Å²) in [5.74, 6) is 0.158. The lowest BCUT2D eigenvalue weighted by Gasteiger charge is -2.03. The second-order valence-corrected chi connectivity index (χ2v) is 3.80. The molecule has 4 heteroatoms. The fourth-order valence-corrected chi connectivity index (χ4v) is 1.64. The van der Waals surface area contributed by atoms with E-state index in [4.69, 9.17) is 9.15 Å². The van der Waals surface area contributed by atoms with Crippen LogP contribution >= 0.6 is 0 Å². The highest BCUT2D eigenvalue weighted by atomic mass is 19.1. The first-order valence-electron chi connectivity index (χ1n) is 5.62. The van der Waals surface area contributed by atoms with E-state index in [0.717, 1.165) is 11.8 Å². The Morgan fingerprint density at radius 1 is 1.33 bits per heavy atom. The summed E-state index contributed by atoms with van der Waals surface area (Å²) in [4.78, 5) is 12.0. The fourth-order valence-electron chi connectivity index (χ4n) is 1.64. The van der Waals surface area contributed by atoms with Crippen molar-refractivity contribution >= 4 is 5.78 Å². The molecule has 3 nitrogen and oxygen atoms in total. The van der Waals surface area contributed by atoms with Gasteiger partial charge < -0.3 is 9.15 Å². The average molecular weight is 248 g/mol. The second-order valence-electron chi connectivity index (χ2n) is 3.80. The number of halogens is 1. The van der Waals surface area contributed by atoms with Gasteiger partial charge in [-0.25, -0.2) is 4.39 Å². The van der Waals surface area contributed by atoms with Crippen LogP contribution in [0.15, 0.2) is 34.7 Å². The van der Waals surface area contributed by atoms with E-state index in [0.29, 0.717) is 6.42 Å². The molecular weight excluding hydrogens is 235 g/mol. The van der Waals surface area contributed by atoms with Crippen LogP contribution in [-0.2, 0) is 6.42 Å². The van der Waals surface area contributed by atoms with E-state index in [1.165, 1.54) is 19.2 Å². The molecule has 0 unspecified atom stereocenters. The predicted molar refractivity (Wildman–Crippen MR) is 64.5 cm³/mol. The molecule has 18 heavy (non-hydrogen) atoms. The number of furan rings is 1. The Morgan fingerprint density at radius 2 is 2.11 bits per heavy atom. The number of carbonyl (C=O) groups is 1. The molecule has 0 bridgehead atoms. The minimum absolute atomic E-state index is 0.111. The van der Waals surface area contributed by atoms with Crippen molar-refractivity contribution in [2.24, 2.45) is 0 Å². The Kier molecular flexibility index (Phi) is 3.46. The zero-order valence-corrected chi connectivity index (χ0v) is 10.2. The Labute approximate surface area is 104 Å². The normalized spacial score (nSPS) is 10.4. The number of hydrogen-bond acceptors (Lipinski definition) is 3. The molecule has 0 aliphatic heterocycles. The van der Waals surface area contributed by atoms with Crippen LogP contribution in [0.2, 0.25) is 0 Å². The number of methoxy groups -OCH3 is 1. The Bertz CT molecular complexity index is 572. The van der Waals surface area contributed by atoms with Crippen LogP contribution in [0.4, 0.5) is 4.39 Å². The third-order valence-electron chi connectivity index (χ3n) is 2.65. The van der Waals surface area contributed by atoms with Gasteiger partial charge in [0.15, 0.2) is 17.3 Å². The lowest BCUT2D eigenvalue weighted by atomic mass is 10.1. The van der Waals surface area contributed by atoms with E-state index in [2.05, 4.69) is 0 Å². The Hall–Kier alpha value is -2.10. The molecule has 0 atom stereocenters. The van der Waals surface area contributed by atoms with Crippen molar-refractivity contribution in [2.75, 3.05) is 7.11 Å². The van der Waals surface area contributed by atoms with Gasteiger partial charge in [0.2, 0.25) is 5.78 Å². The zero-order chi connectivity index (χ0) is 13.1. The number of ether oxygens (including phenoxy) is 1. The van der Waals surface area contributed by atoms with Gasteiger partial charge in [0.25, 0.3) is 0 Å². The summed E-state index contributed by atoms with van der Waals surface area (Å²) in [6.07, 6.45) is 0.713. The molecule has 0 aliphatic carbocycles. The molecule has 0 radical (unpaired) electrons. The van der Waals surface area contributed by atoms with Gasteiger partial charge in [-0.1, -0.05) is 6.92 Å². The van der Waals surface area contributed by atoms with Crippen molar-refractivity contribution in [1.82, 2.24) is 0 Å². The SMILES string of the molecule is CCc1ccc(C(=O)c2ccc(OC)c(F)c2)o1. The van der Waals surface area contributed by atoms with E-state index in [-0.39, 0.29) is 22.9 Å². The summed E-state index contributed by atoms with van der Waals surface area (Å²) in [7, 11) is 1.37. The molecule has 2 aromatic rings. The summed E-state index contributed by atoms with van der Waals surface area (Å²) in [5, 5.41) is 0. The van der Waals surface area contributed by atoms with Crippen molar-refractivity contribution in [2.45, 2.75) is 13.3 Å². The molecule has 0 N–H and O–H groups in total. The molecule has 0 saturated heterocycles. The maximum absolute atomic E-state index is 13.5. The Balaban J connectivity index is 2.31. The van der Waals surface area contributed by atoms with E-state index < -0.39 is 5.82 Å². The van der Waals surface area contributed by atoms with Crippen LogP contribution in [0.25, 0.3) is 0 Å². The molecule has 0 spiro atoms. The summed E-state index contributed by atoms with van der Waals surface area (Å²) in [6, 6.07) is 7.43. The summed E-state index contributed by atoms with van der Waals surface area (Å²) in [5.41, 5.74) is 0.241. The number of ketones is 1. The highest BCUT2D eigenvalue weighted by Gasteiger charge is 2.15. The monoisotopic (exact) mass is 248 g/mol. The number of benzene rings is 1. The minimum atomic E-state index is -0.564. The zero-order valence-electron chi connectivity index (χ0n) is 10.2. The number of hydrogen-bond donors (Lipinski definition) is 0. The predicted octanol–water partition coefficient (Wildman–Crippen LogP) is 3.22. The Morgan fingerprint density at radius 3 is 2.67 bits per heavy atom. The van der Waals surface area contributed by atoms with E-state index in [1.54, 1.807) is 12.1 Å². The first kappa shape index (κ1) is 12.4. The van der Waals surface area contributed by atoms with Crippen LogP contribution < -0.4 is 4.74 Å². The molecule has 0 amide bonds. The molecule has 0 aliphatic rings. The third kappa shape index (κ3) is 2.27. The van der Waals surface area contributed by atoms with Crippen LogP contribution in [-0.4, -0.2) is 12.9 Å². The van der Waals surface area contributed by atoms with Crippen molar-refractivity contribution in [3.8, 4) is 5.75 Å². The maximum Gasteiger partial charge on any atom is 0.228 e. The molecule has 0 saturated carbocycles. The molecule has 1 aromatic carbocycles. The van der Waals surface area contributed by atoms with Crippen LogP contribution in [0.3, 0.4) is 0 Å².